The summed E-state index contributed by atoms with van der Waals surface area (Å²) in [6, 6.07) is 12.7. The van der Waals surface area contributed by atoms with E-state index in [1.165, 1.54) is 30.4 Å². The third-order valence-corrected chi connectivity index (χ3v) is 21.7. The summed E-state index contributed by atoms with van der Waals surface area (Å²) in [7, 11) is -2.07. The van der Waals surface area contributed by atoms with Gasteiger partial charge >= 0.3 is 0 Å². The van der Waals surface area contributed by atoms with Crippen LogP contribution in [0.2, 0.25) is 19.6 Å². The van der Waals surface area contributed by atoms with Gasteiger partial charge in [0.25, 0.3) is 5.91 Å². The van der Waals surface area contributed by atoms with Crippen molar-refractivity contribution in [2.75, 3.05) is 27.2 Å². The molecule has 0 spiro atoms. The van der Waals surface area contributed by atoms with Crippen LogP contribution in [0, 0.1) is 5.41 Å². The smallest absolute Gasteiger partial charge is 0.264 e. The second-order valence-electron chi connectivity index (χ2n) is 17.8. The number of rotatable bonds is 7. The van der Waals surface area contributed by atoms with Crippen LogP contribution < -0.4 is 9.46 Å². The maximum atomic E-state index is 15.1. The van der Waals surface area contributed by atoms with E-state index in [9.17, 15) is 13.2 Å². The summed E-state index contributed by atoms with van der Waals surface area (Å²) in [6.07, 6.45) is 9.92. The Morgan fingerprint density at radius 1 is 0.941 bits per heavy atom. The third kappa shape index (κ3) is 4.96. The van der Waals surface area contributed by atoms with E-state index in [2.05, 4.69) is 64.0 Å². The highest BCUT2D eigenvalue weighted by Gasteiger charge is 2.66. The lowest BCUT2D eigenvalue weighted by Gasteiger charge is -2.41. The zero-order valence-corrected chi connectivity index (χ0v) is 32.6. The van der Waals surface area contributed by atoms with Crippen LogP contribution in [0.1, 0.15) is 97.5 Å². The van der Waals surface area contributed by atoms with Crippen LogP contribution in [0.4, 0.5) is 0 Å². The van der Waals surface area contributed by atoms with Gasteiger partial charge in [-0.15, -0.1) is 0 Å². The molecule has 2 saturated heterocycles. The highest BCUT2D eigenvalue weighted by molar-refractivity contribution is 7.93. The van der Waals surface area contributed by atoms with Crippen LogP contribution in [0.3, 0.4) is 0 Å². The molecule has 2 aromatic carbocycles. The number of hydrogen-bond acceptors (Lipinski definition) is 6. The molecule has 9 nitrogen and oxygen atoms in total. The van der Waals surface area contributed by atoms with Crippen LogP contribution in [-0.2, 0) is 21.4 Å². The highest BCUT2D eigenvalue weighted by Crippen LogP contribution is 2.66. The summed E-state index contributed by atoms with van der Waals surface area (Å²) < 4.78 is 37.3. The van der Waals surface area contributed by atoms with E-state index < -0.39 is 33.8 Å². The number of hydrogen-bond donors (Lipinski definition) is 1. The summed E-state index contributed by atoms with van der Waals surface area (Å²) in [5.41, 5.74) is 5.50. The van der Waals surface area contributed by atoms with E-state index in [-0.39, 0.29) is 23.9 Å². The Kier molecular flexibility index (Phi) is 7.54. The molecule has 11 heteroatoms. The van der Waals surface area contributed by atoms with Crippen molar-refractivity contribution in [1.29, 1.82) is 0 Å². The van der Waals surface area contributed by atoms with Gasteiger partial charge in [0.2, 0.25) is 15.9 Å². The summed E-state index contributed by atoms with van der Waals surface area (Å²) in [5, 5.41) is 1.11. The van der Waals surface area contributed by atoms with Gasteiger partial charge in [0.05, 0.1) is 30.7 Å². The molecule has 4 heterocycles. The molecule has 6 aliphatic rings. The number of likely N-dealkylation sites (N-methyl/N-ethyl adjacent to an activating group) is 1. The van der Waals surface area contributed by atoms with E-state index in [0.717, 1.165) is 73.1 Å². The lowest BCUT2D eigenvalue weighted by atomic mass is 9.81. The number of aromatic nitrogens is 1. The molecule has 1 aromatic heterocycles. The number of fused-ring (bicyclic) bond motifs is 9. The first-order chi connectivity index (χ1) is 24.3. The first-order valence-electron chi connectivity index (χ1n) is 19.2. The minimum Gasteiger partial charge on any atom is -0.497 e. The average molecular weight is 729 g/mol. The van der Waals surface area contributed by atoms with Crippen molar-refractivity contribution >= 4 is 40.8 Å². The van der Waals surface area contributed by atoms with Gasteiger partial charge in [-0.2, -0.15) is 0 Å². The molecule has 2 amide bonds. The Morgan fingerprint density at radius 3 is 2.29 bits per heavy atom. The van der Waals surface area contributed by atoms with Gasteiger partial charge in [-0.05, 0) is 99.4 Å². The van der Waals surface area contributed by atoms with Gasteiger partial charge in [-0.25, -0.2) is 13.1 Å². The molecule has 4 unspecified atom stereocenters. The predicted molar refractivity (Wildman–Crippen MR) is 202 cm³/mol. The average Bonchev–Trinajstić information content (AvgIpc) is 4.01. The van der Waals surface area contributed by atoms with Crippen molar-refractivity contribution in [3.8, 4) is 17.0 Å². The summed E-state index contributed by atoms with van der Waals surface area (Å²) >= 11 is 0. The molecule has 3 aromatic rings. The van der Waals surface area contributed by atoms with Gasteiger partial charge in [-0.1, -0.05) is 45.0 Å². The van der Waals surface area contributed by atoms with Crippen molar-refractivity contribution < 1.29 is 22.7 Å². The van der Waals surface area contributed by atoms with Gasteiger partial charge in [0.1, 0.15) is 5.75 Å². The molecule has 51 heavy (non-hydrogen) atoms. The molecule has 3 saturated carbocycles. The second-order valence-corrected chi connectivity index (χ2v) is 25.6. The number of nitrogens with one attached hydrogen (secondary N) is 1. The number of methoxy groups -OCH3 is 1. The highest BCUT2D eigenvalue weighted by atomic mass is 32.2. The minimum absolute atomic E-state index is 0.0798. The van der Waals surface area contributed by atoms with Crippen LogP contribution in [0.25, 0.3) is 22.2 Å². The van der Waals surface area contributed by atoms with Crippen molar-refractivity contribution in [3.05, 3.63) is 53.1 Å². The monoisotopic (exact) mass is 728 g/mol. The van der Waals surface area contributed by atoms with E-state index in [1.54, 1.807) is 7.11 Å². The van der Waals surface area contributed by atoms with Crippen molar-refractivity contribution in [2.24, 2.45) is 5.41 Å². The lowest BCUT2D eigenvalue weighted by molar-refractivity contribution is -0.143. The minimum atomic E-state index is -3.84. The number of carbonyl (C=O) groups is 2. The molecule has 5 fully saturated rings. The van der Waals surface area contributed by atoms with Crippen LogP contribution in [-0.4, -0.2) is 86.4 Å². The normalized spacial score (nSPS) is 28.4. The van der Waals surface area contributed by atoms with Gasteiger partial charge in [0.15, 0.2) is 0 Å². The first kappa shape index (κ1) is 33.7. The number of piperazine rings is 1. The fraction of sp³-hybridized carbons (Fsp3) is 0.600. The SMILES string of the molecule is COc1ccc2c(c1)C1CC1(C(=O)N1C3CCC1CN(C)C3)Cn1c-2c(C2CCCCC2)c2ccc(C(=O)NS(=O)(=O)C3([Si](C)(C)C)CC3)cc21. The summed E-state index contributed by atoms with van der Waals surface area (Å²) in [4.78, 5) is 33.6. The summed E-state index contributed by atoms with van der Waals surface area (Å²) in [6.45, 7) is 8.58. The Labute approximate surface area is 303 Å². The number of sulfonamides is 1. The number of amides is 2. The number of likely N-dealkylation sites (tertiary alicyclic amines) is 1. The van der Waals surface area contributed by atoms with Gasteiger partial charge in [-0.3, -0.25) is 9.59 Å². The molecule has 0 radical (unpaired) electrons. The Bertz CT molecular complexity index is 2060. The fourth-order valence-electron chi connectivity index (χ4n) is 10.9. The zero-order valence-electron chi connectivity index (χ0n) is 30.8. The van der Waals surface area contributed by atoms with E-state index >= 15 is 4.79 Å². The van der Waals surface area contributed by atoms with Gasteiger partial charge in [0, 0.05) is 59.7 Å². The Balaban J connectivity index is 1.20. The van der Waals surface area contributed by atoms with Crippen molar-refractivity contribution in [3.63, 3.8) is 0 Å². The predicted octanol–water partition coefficient (Wildman–Crippen LogP) is 6.63. The van der Waals surface area contributed by atoms with Crippen molar-refractivity contribution in [1.82, 2.24) is 19.1 Å². The topological polar surface area (TPSA) is 101 Å². The van der Waals surface area contributed by atoms with Crippen LogP contribution in [0.15, 0.2) is 36.4 Å². The number of benzene rings is 2. The maximum absolute atomic E-state index is 15.1. The molecular formula is C40H52N4O5SSi. The standard InChI is InChI=1S/C40H52N4O5SSi/c1-42-22-27-12-13-28(23-42)44(27)38(46)39-21-33(39)32-20-29(49-2)14-16-30(32)36-35(25-9-7-6-8-10-25)31-15-11-26(19-34(31)43(36)24-39)37(45)41-50(47,48)40(17-18-40)51(3,4)5/h11,14-16,19-20,25,27-28,33H,6-10,12-13,17-18,21-24H2,1-5H3,(H,41,45). The molecule has 2 bridgehead atoms. The quantitative estimate of drug-likeness (QED) is 0.275. The second kappa shape index (κ2) is 11.4. The fourth-order valence-corrected chi connectivity index (χ4v) is 17.1. The van der Waals surface area contributed by atoms with Crippen LogP contribution in [0.5, 0.6) is 5.75 Å². The molecule has 272 valence electrons. The Hall–Kier alpha value is -3.15. The summed E-state index contributed by atoms with van der Waals surface area (Å²) in [5.74, 6) is 0.957. The molecule has 3 aliphatic carbocycles. The molecule has 1 N–H and O–H groups in total. The van der Waals surface area contributed by atoms with Crippen molar-refractivity contribution in [2.45, 2.75) is 119 Å². The molecule has 3 aliphatic heterocycles. The molecule has 9 rings (SSSR count). The zero-order chi connectivity index (χ0) is 35.7. The van der Waals surface area contributed by atoms with E-state index in [0.29, 0.717) is 30.9 Å². The van der Waals surface area contributed by atoms with Crippen LogP contribution >= 0.6 is 0 Å². The van der Waals surface area contributed by atoms with Gasteiger partial charge < -0.3 is 19.1 Å². The van der Waals surface area contributed by atoms with E-state index in [1.807, 2.05) is 18.2 Å². The number of nitrogens with zero attached hydrogens (tertiary/aromatic N) is 3. The third-order valence-electron chi connectivity index (χ3n) is 13.9. The lowest BCUT2D eigenvalue weighted by Crippen LogP contribution is -2.57. The Morgan fingerprint density at radius 2 is 1.65 bits per heavy atom. The maximum Gasteiger partial charge on any atom is 0.264 e. The molecular weight excluding hydrogens is 677 g/mol. The number of ether oxygens (including phenoxy) is 1. The largest absolute Gasteiger partial charge is 0.497 e. The first-order valence-corrected chi connectivity index (χ1v) is 24.2. The van der Waals surface area contributed by atoms with E-state index in [4.69, 9.17) is 4.74 Å². The number of carbonyl (C=O) groups excluding carboxylic acids is 2. The molecule has 4 atom stereocenters.